The van der Waals surface area contributed by atoms with E-state index in [0.29, 0.717) is 21.3 Å². The highest BCUT2D eigenvalue weighted by atomic mass is 35.5. The molecule has 0 aliphatic carbocycles. The molecule has 1 atom stereocenters. The van der Waals surface area contributed by atoms with Gasteiger partial charge in [0.15, 0.2) is 0 Å². The van der Waals surface area contributed by atoms with Gasteiger partial charge in [0.1, 0.15) is 5.82 Å². The molecule has 0 radical (unpaired) electrons. The quantitative estimate of drug-likeness (QED) is 0.786. The van der Waals surface area contributed by atoms with Gasteiger partial charge >= 0.3 is 6.03 Å². The Morgan fingerprint density at radius 1 is 1.18 bits per heavy atom. The molecule has 4 nitrogen and oxygen atoms in total. The van der Waals surface area contributed by atoms with Crippen molar-refractivity contribution in [2.24, 2.45) is 0 Å². The first-order valence-corrected chi connectivity index (χ1v) is 7.15. The fourth-order valence-electron chi connectivity index (χ4n) is 1.78. The first-order chi connectivity index (χ1) is 10.5. The number of aliphatic hydroxyl groups excluding tert-OH is 1. The van der Waals surface area contributed by atoms with E-state index < -0.39 is 18.0 Å². The monoisotopic (exact) mass is 342 g/mol. The average molecular weight is 343 g/mol. The summed E-state index contributed by atoms with van der Waals surface area (Å²) in [6.45, 7) is -0.0334. The predicted molar refractivity (Wildman–Crippen MR) is 84.8 cm³/mol. The SMILES string of the molecule is O=C(NCC(O)c1ccc(Cl)cc1Cl)Nc1ccc(F)cc1. The van der Waals surface area contributed by atoms with Gasteiger partial charge in [0.25, 0.3) is 0 Å². The van der Waals surface area contributed by atoms with E-state index in [9.17, 15) is 14.3 Å². The van der Waals surface area contributed by atoms with Crippen molar-refractivity contribution >= 4 is 34.9 Å². The first kappa shape index (κ1) is 16.5. The summed E-state index contributed by atoms with van der Waals surface area (Å²) in [6.07, 6.45) is -0.969. The summed E-state index contributed by atoms with van der Waals surface area (Å²) in [4.78, 5) is 11.7. The van der Waals surface area contributed by atoms with Crippen molar-refractivity contribution in [2.45, 2.75) is 6.10 Å². The zero-order valence-corrected chi connectivity index (χ0v) is 12.8. The van der Waals surface area contributed by atoms with E-state index in [1.165, 1.54) is 30.3 Å². The molecule has 116 valence electrons. The van der Waals surface area contributed by atoms with Crippen molar-refractivity contribution in [3.05, 3.63) is 63.9 Å². The van der Waals surface area contributed by atoms with E-state index in [-0.39, 0.29) is 6.54 Å². The Morgan fingerprint density at radius 2 is 1.86 bits per heavy atom. The van der Waals surface area contributed by atoms with Crippen LogP contribution in [-0.4, -0.2) is 17.7 Å². The Balaban J connectivity index is 1.88. The minimum atomic E-state index is -0.969. The number of anilines is 1. The number of carbonyl (C=O) groups excluding carboxylic acids is 1. The summed E-state index contributed by atoms with van der Waals surface area (Å²) < 4.78 is 12.7. The molecule has 0 aliphatic rings. The lowest BCUT2D eigenvalue weighted by atomic mass is 10.1. The Labute approximate surface area is 136 Å². The average Bonchev–Trinajstić information content (AvgIpc) is 2.47. The molecular formula is C15H13Cl2FN2O2. The molecule has 2 aromatic carbocycles. The van der Waals surface area contributed by atoms with Crippen LogP contribution in [-0.2, 0) is 0 Å². The molecule has 22 heavy (non-hydrogen) atoms. The molecule has 2 amide bonds. The van der Waals surface area contributed by atoms with Crippen LogP contribution in [0.15, 0.2) is 42.5 Å². The van der Waals surface area contributed by atoms with Gasteiger partial charge < -0.3 is 15.7 Å². The van der Waals surface area contributed by atoms with Crippen LogP contribution in [0, 0.1) is 5.82 Å². The first-order valence-electron chi connectivity index (χ1n) is 6.39. The molecule has 0 heterocycles. The third kappa shape index (κ3) is 4.59. The molecule has 0 spiro atoms. The molecule has 3 N–H and O–H groups in total. The number of carbonyl (C=O) groups is 1. The van der Waals surface area contributed by atoms with Gasteiger partial charge in [-0.1, -0.05) is 29.3 Å². The highest BCUT2D eigenvalue weighted by molar-refractivity contribution is 6.35. The Hall–Kier alpha value is -1.82. The zero-order valence-electron chi connectivity index (χ0n) is 11.3. The Bertz CT molecular complexity index is 665. The standard InChI is InChI=1S/C15H13Cl2FN2O2/c16-9-1-6-12(13(17)7-9)14(21)8-19-15(22)20-11-4-2-10(18)3-5-11/h1-7,14,21H,8H2,(H2,19,20,22). The van der Waals surface area contributed by atoms with Gasteiger partial charge in [-0.25, -0.2) is 9.18 Å². The van der Waals surface area contributed by atoms with E-state index in [1.807, 2.05) is 0 Å². The third-order valence-electron chi connectivity index (χ3n) is 2.88. The summed E-state index contributed by atoms with van der Waals surface area (Å²) in [6, 6.07) is 9.52. The predicted octanol–water partition coefficient (Wildman–Crippen LogP) is 3.99. The van der Waals surface area contributed by atoms with Crippen molar-refractivity contribution in [3.8, 4) is 0 Å². The molecular weight excluding hydrogens is 330 g/mol. The normalized spacial score (nSPS) is 11.8. The van der Waals surface area contributed by atoms with Gasteiger partial charge in [-0.15, -0.1) is 0 Å². The third-order valence-corrected chi connectivity index (χ3v) is 3.44. The van der Waals surface area contributed by atoms with Gasteiger partial charge in [0.2, 0.25) is 0 Å². The molecule has 7 heteroatoms. The van der Waals surface area contributed by atoms with Crippen LogP contribution in [0.2, 0.25) is 10.0 Å². The Morgan fingerprint density at radius 3 is 2.50 bits per heavy atom. The van der Waals surface area contributed by atoms with Crippen LogP contribution >= 0.6 is 23.2 Å². The van der Waals surface area contributed by atoms with E-state index in [4.69, 9.17) is 23.2 Å². The van der Waals surface area contributed by atoms with E-state index >= 15 is 0 Å². The number of hydrogen-bond donors (Lipinski definition) is 3. The van der Waals surface area contributed by atoms with E-state index in [0.717, 1.165) is 0 Å². The van der Waals surface area contributed by atoms with Gasteiger partial charge in [0, 0.05) is 27.8 Å². The van der Waals surface area contributed by atoms with Gasteiger partial charge in [-0.05, 0) is 36.4 Å². The van der Waals surface area contributed by atoms with Crippen molar-refractivity contribution in [3.63, 3.8) is 0 Å². The van der Waals surface area contributed by atoms with Crippen molar-refractivity contribution in [2.75, 3.05) is 11.9 Å². The summed E-state index contributed by atoms with van der Waals surface area (Å²) >= 11 is 11.8. The second-order valence-corrected chi connectivity index (χ2v) is 5.37. The van der Waals surface area contributed by atoms with Crippen LogP contribution in [0.5, 0.6) is 0 Å². The molecule has 0 bridgehead atoms. The highest BCUT2D eigenvalue weighted by Gasteiger charge is 2.13. The maximum Gasteiger partial charge on any atom is 0.319 e. The number of aliphatic hydroxyl groups is 1. The maximum absolute atomic E-state index is 12.7. The minimum Gasteiger partial charge on any atom is -0.387 e. The molecule has 2 rings (SSSR count). The van der Waals surface area contributed by atoms with Crippen molar-refractivity contribution in [1.29, 1.82) is 0 Å². The largest absolute Gasteiger partial charge is 0.387 e. The summed E-state index contributed by atoms with van der Waals surface area (Å²) in [7, 11) is 0. The lowest BCUT2D eigenvalue weighted by molar-refractivity contribution is 0.175. The number of nitrogens with one attached hydrogen (secondary N) is 2. The number of hydrogen-bond acceptors (Lipinski definition) is 2. The van der Waals surface area contributed by atoms with Crippen LogP contribution in [0.3, 0.4) is 0 Å². The molecule has 2 aromatic rings. The lowest BCUT2D eigenvalue weighted by Crippen LogP contribution is -2.32. The maximum atomic E-state index is 12.7. The molecule has 0 saturated heterocycles. The molecule has 0 saturated carbocycles. The van der Waals surface area contributed by atoms with E-state index in [2.05, 4.69) is 10.6 Å². The van der Waals surface area contributed by atoms with Crippen molar-refractivity contribution < 1.29 is 14.3 Å². The number of rotatable bonds is 4. The lowest BCUT2D eigenvalue weighted by Gasteiger charge is -2.14. The highest BCUT2D eigenvalue weighted by Crippen LogP contribution is 2.25. The van der Waals surface area contributed by atoms with E-state index in [1.54, 1.807) is 12.1 Å². The summed E-state index contributed by atoms with van der Waals surface area (Å²) in [5.74, 6) is -0.390. The van der Waals surface area contributed by atoms with Crippen molar-refractivity contribution in [1.82, 2.24) is 5.32 Å². The fraction of sp³-hybridized carbons (Fsp3) is 0.133. The topological polar surface area (TPSA) is 61.4 Å². The minimum absolute atomic E-state index is 0.0334. The smallest absolute Gasteiger partial charge is 0.319 e. The number of urea groups is 1. The molecule has 1 unspecified atom stereocenters. The molecule has 0 aliphatic heterocycles. The van der Waals surface area contributed by atoms with Gasteiger partial charge in [-0.3, -0.25) is 0 Å². The van der Waals surface area contributed by atoms with Crippen LogP contribution in [0.4, 0.5) is 14.9 Å². The van der Waals surface area contributed by atoms with Crippen LogP contribution in [0.1, 0.15) is 11.7 Å². The number of halogens is 3. The molecule has 0 aromatic heterocycles. The number of benzene rings is 2. The van der Waals surface area contributed by atoms with Crippen LogP contribution < -0.4 is 10.6 Å². The number of amides is 2. The zero-order chi connectivity index (χ0) is 16.1. The van der Waals surface area contributed by atoms with Gasteiger partial charge in [0.05, 0.1) is 6.10 Å². The second kappa shape index (κ2) is 7.45. The fourth-order valence-corrected chi connectivity index (χ4v) is 2.31. The molecule has 0 fully saturated rings. The van der Waals surface area contributed by atoms with Crippen LogP contribution in [0.25, 0.3) is 0 Å². The second-order valence-electron chi connectivity index (χ2n) is 4.52. The van der Waals surface area contributed by atoms with Gasteiger partial charge in [-0.2, -0.15) is 0 Å². The summed E-state index contributed by atoms with van der Waals surface area (Å²) in [5, 5.41) is 15.8. The summed E-state index contributed by atoms with van der Waals surface area (Å²) in [5.41, 5.74) is 0.908. The Kier molecular flexibility index (Phi) is 5.60.